The van der Waals surface area contributed by atoms with Crippen LogP contribution in [0.15, 0.2) is 314 Å². The van der Waals surface area contributed by atoms with Gasteiger partial charge in [0.2, 0.25) is 15.9 Å². The predicted octanol–water partition coefficient (Wildman–Crippen LogP) is 16.3. The molecule has 0 aliphatic heterocycles. The summed E-state index contributed by atoms with van der Waals surface area (Å²) in [6.45, 7) is 3.80. The number of rotatable bonds is 14. The third-order valence-electron chi connectivity index (χ3n) is 16.2. The number of benzene rings is 8. The zero-order valence-electron chi connectivity index (χ0n) is 59.6. The number of aryl methyl sites for hydroxylation is 2. The van der Waals surface area contributed by atoms with Crippen molar-refractivity contribution in [2.45, 2.75) is 23.6 Å². The zero-order chi connectivity index (χ0) is 79.7. The quantitative estimate of drug-likeness (QED) is 0.0223. The van der Waals surface area contributed by atoms with Crippen molar-refractivity contribution in [3.05, 3.63) is 340 Å². The fraction of sp³-hybridized carbons (Fsp3) is 0.0500. The summed E-state index contributed by atoms with van der Waals surface area (Å²) < 4.78 is 55.5. The van der Waals surface area contributed by atoms with Crippen molar-refractivity contribution in [3.63, 3.8) is 0 Å². The molecule has 572 valence electrons. The smallest absolute Gasteiger partial charge is 0.0134 e. The van der Waals surface area contributed by atoms with E-state index >= 15 is 0 Å². The van der Waals surface area contributed by atoms with E-state index in [1.165, 1.54) is 50.4 Å². The van der Waals surface area contributed by atoms with Crippen molar-refractivity contribution in [2.75, 3.05) is 24.7 Å². The Hall–Kier alpha value is -8.60. The summed E-state index contributed by atoms with van der Waals surface area (Å²) in [6, 6.07) is 86.5. The van der Waals surface area contributed by atoms with E-state index in [9.17, 15) is 16.8 Å². The second kappa shape index (κ2) is 42.0. The summed E-state index contributed by atoms with van der Waals surface area (Å²) in [5.74, 6) is 0.932. The van der Waals surface area contributed by atoms with E-state index in [0.29, 0.717) is 47.8 Å². The average molecular weight is 1890 g/mol. The van der Waals surface area contributed by atoms with Crippen LogP contribution in [0.4, 0.5) is 11.6 Å². The molecule has 19 nitrogen and oxygen atoms in total. The fourth-order valence-electron chi connectivity index (χ4n) is 11.0. The molecule has 16 aromatic rings. The number of pyridine rings is 2. The molecule has 16 rings (SSSR count). The van der Waals surface area contributed by atoms with E-state index in [0.717, 1.165) is 30.0 Å². The van der Waals surface area contributed by atoms with Gasteiger partial charge in [0.25, 0.3) is 20.0 Å². The van der Waals surface area contributed by atoms with Crippen LogP contribution in [0, 0.1) is 17.4 Å². The van der Waals surface area contributed by atoms with Gasteiger partial charge in [0.15, 0.2) is 11.3 Å². The van der Waals surface area contributed by atoms with Crippen molar-refractivity contribution in [1.82, 2.24) is 52.8 Å². The number of hydrogen-bond donors (Lipinski definition) is 5. The molecule has 0 aliphatic rings. The molecule has 0 fully saturated rings. The molecule has 0 saturated carbocycles. The van der Waals surface area contributed by atoms with Gasteiger partial charge in [0.1, 0.15) is 22.4 Å². The minimum absolute atomic E-state index is 0.0169. The normalized spacial score (nSPS) is 10.9. The molecule has 8 aromatic carbocycles. The number of nitrogens with zero attached hydrogens (tertiary/aromatic N) is 10. The molecule has 0 radical (unpaired) electrons. The van der Waals surface area contributed by atoms with Crippen molar-refractivity contribution < 1.29 is 42.8 Å². The van der Waals surface area contributed by atoms with Gasteiger partial charge in [0, 0.05) is 66.6 Å². The van der Waals surface area contributed by atoms with Crippen molar-refractivity contribution in [1.29, 1.82) is 0 Å². The van der Waals surface area contributed by atoms with E-state index in [2.05, 4.69) is 260 Å². The van der Waals surface area contributed by atoms with Gasteiger partial charge in [-0.1, -0.05) is 229 Å². The molecular formula is C80H67BCl6IN13O6P2PdS2. The molecule has 0 aliphatic carbocycles. The van der Waals surface area contributed by atoms with Crippen LogP contribution in [0.2, 0.25) is 21.0 Å². The second-order valence-corrected chi connectivity index (χ2v) is 36.4. The van der Waals surface area contributed by atoms with Gasteiger partial charge in [-0.25, -0.2) is 39.7 Å². The van der Waals surface area contributed by atoms with Gasteiger partial charge >= 0.3 is 42.1 Å². The van der Waals surface area contributed by atoms with Gasteiger partial charge in [-0.05, 0) is 185 Å². The SMILES string of the molecule is CNc1nc(Cl)nc2c1c(-c1ccncc1)cn2S(=O)(=O)c1ccc(C)cc1.CNc1nc(Cl)nc2c1c(I)cn2S(=O)(=O)c1ccc(C)cc1.Clc1nc(Cl)c2cc[nH]c2n1.OB(O)c1ccncc1.[Cl][Pd][Cl].c1ccc(P(c2ccccc2)c2ccccc2)cc1.c1ccc(P(c2ccccc2)c2ccccc2)cc1. The Kier molecular flexibility index (Phi) is 32.2. The summed E-state index contributed by atoms with van der Waals surface area (Å²) in [6.07, 6.45) is 11.1. The minimum Gasteiger partial charge on any atom is -0.0622 e. The van der Waals surface area contributed by atoms with Crippen LogP contribution >= 0.6 is 104 Å². The molecule has 0 spiro atoms. The number of fused-ring (bicyclic) bond motifs is 3. The topological polar surface area (TPSA) is 262 Å². The van der Waals surface area contributed by atoms with Crippen LogP contribution in [0.5, 0.6) is 0 Å². The summed E-state index contributed by atoms with van der Waals surface area (Å²) in [5.41, 5.74) is 4.99. The number of nitrogens with one attached hydrogen (secondary N) is 3. The molecule has 0 unspecified atom stereocenters. The Bertz CT molecular complexity index is 5620. The second-order valence-electron chi connectivity index (χ2n) is 23.5. The molecule has 5 N–H and O–H groups in total. The Balaban J connectivity index is 0.000000146. The molecule has 0 bridgehead atoms. The van der Waals surface area contributed by atoms with Crippen molar-refractivity contribution in [3.8, 4) is 11.1 Å². The number of H-pyrrole nitrogens is 1. The molecular weight excluding hydrogens is 1820 g/mol. The third kappa shape index (κ3) is 22.4. The Morgan fingerprint density at radius 2 is 0.786 bits per heavy atom. The van der Waals surface area contributed by atoms with Crippen molar-refractivity contribution >= 4 is 213 Å². The summed E-state index contributed by atoms with van der Waals surface area (Å²) in [5, 5.41) is 33.8. The van der Waals surface area contributed by atoms with E-state index in [-0.39, 0.29) is 52.9 Å². The van der Waals surface area contributed by atoms with E-state index in [1.807, 2.05) is 13.8 Å². The number of halogens is 7. The Morgan fingerprint density at radius 1 is 0.446 bits per heavy atom. The molecule has 0 amide bonds. The maximum absolute atomic E-state index is 13.3. The first-order valence-corrected chi connectivity index (χ1v) is 45.7. The molecule has 112 heavy (non-hydrogen) atoms. The number of hydrogen-bond acceptors (Lipinski definition) is 16. The number of anilines is 2. The molecule has 0 saturated heterocycles. The largest absolute Gasteiger partial charge is 0.0622 e. The monoisotopic (exact) mass is 1890 g/mol. The first-order valence-electron chi connectivity index (χ1n) is 33.5. The first kappa shape index (κ1) is 85.8. The molecule has 8 aromatic heterocycles. The zero-order valence-corrected chi connectivity index (χ0v) is 71.3. The standard InChI is InChI=1S/C19H16ClN5O2S.2C18H15P.C14H12ClIN4O2S.C6H3Cl2N3.C5H6BNO2.2ClH.Pd/c1-12-3-5-14(6-4-12)28(26,27)25-11-15(13-7-9-22-10-8-13)16-17(21-2)23-19(20)24-18(16)25;2*1-4-10-16(11-5-1)19(17-12-6-2-7-13-17)18-14-8-3-9-15-18;1-8-3-5-9(6-4-8)23(21,22)20-7-10(16)11-12(17-2)18-14(15)19-13(11)20;7-4-3-1-2-9-5(3)11-6(8)10-4;8-6(9)5-1-3-7-4-2-5;;;/h3-11H,1-2H3,(H,21,23,24);2*1-15H;3-7H,1-2H3,(H,17,18,19);1-2H,(H,9,10,11);1-4,8-9H;2*1H;/q;;;;;;;;+2/p-2. The summed E-state index contributed by atoms with van der Waals surface area (Å²) >= 11 is 25.2. The third-order valence-corrected chi connectivity index (χ3v) is 26.0. The van der Waals surface area contributed by atoms with Crippen LogP contribution in [0.3, 0.4) is 0 Å². The van der Waals surface area contributed by atoms with Crippen LogP contribution in [-0.4, -0.2) is 101 Å². The fourth-order valence-corrected chi connectivity index (χ4v) is 20.0. The van der Waals surface area contributed by atoms with Crippen molar-refractivity contribution in [2.24, 2.45) is 0 Å². The average Bonchev–Trinajstić information content (AvgIpc) is 1.56. The van der Waals surface area contributed by atoms with Gasteiger partial charge in [0.05, 0.1) is 25.9 Å². The van der Waals surface area contributed by atoms with Gasteiger partial charge in [-0.3, -0.25) is 9.97 Å². The van der Waals surface area contributed by atoms with Crippen LogP contribution in [0.25, 0.3) is 44.2 Å². The molecule has 8 heterocycles. The predicted molar refractivity (Wildman–Crippen MR) is 468 cm³/mol. The van der Waals surface area contributed by atoms with Gasteiger partial charge in [-0.15, -0.1) is 0 Å². The summed E-state index contributed by atoms with van der Waals surface area (Å²) in [7, 11) is 3.09. The number of aromatic amines is 1. The van der Waals surface area contributed by atoms with E-state index in [4.69, 9.17) is 75.5 Å². The maximum atomic E-state index is 13.3. The molecule has 0 atom stereocenters. The number of aromatic nitrogens is 11. The summed E-state index contributed by atoms with van der Waals surface area (Å²) in [4.78, 5) is 35.3. The van der Waals surface area contributed by atoms with Gasteiger partial charge < -0.3 is 25.7 Å². The Morgan fingerprint density at radius 3 is 1.14 bits per heavy atom. The molecule has 32 heteroatoms. The van der Waals surface area contributed by atoms with Crippen LogP contribution in [-0.2, 0) is 36.0 Å². The van der Waals surface area contributed by atoms with E-state index < -0.39 is 43.0 Å². The van der Waals surface area contributed by atoms with Crippen LogP contribution < -0.4 is 47.9 Å². The first-order chi connectivity index (χ1) is 54.1. The van der Waals surface area contributed by atoms with E-state index in [1.54, 1.807) is 118 Å². The van der Waals surface area contributed by atoms with Crippen LogP contribution in [0.1, 0.15) is 11.1 Å². The Labute approximate surface area is 701 Å². The minimum atomic E-state index is -3.89. The van der Waals surface area contributed by atoms with Gasteiger partial charge in [-0.2, -0.15) is 15.0 Å². The maximum Gasteiger partial charge on any atom is -0.0134 e.